The van der Waals surface area contributed by atoms with Gasteiger partial charge in [-0.15, -0.1) is 0 Å². The fraction of sp³-hybridized carbons (Fsp3) is 0.571. The molecule has 2 nitrogen and oxygen atoms in total. The molecule has 0 unspecified atom stereocenters. The Labute approximate surface area is 112 Å². The SMILES string of the molecule is CCC(CC)N(C)Cc1ccc(N)cc1C(F)(F)F. The van der Waals surface area contributed by atoms with E-state index in [1.54, 1.807) is 0 Å². The summed E-state index contributed by atoms with van der Waals surface area (Å²) in [5, 5.41) is 0. The van der Waals surface area contributed by atoms with E-state index in [2.05, 4.69) is 0 Å². The molecule has 0 heterocycles. The van der Waals surface area contributed by atoms with Gasteiger partial charge in [-0.25, -0.2) is 0 Å². The average molecular weight is 274 g/mol. The Bertz CT molecular complexity index is 412. The van der Waals surface area contributed by atoms with Crippen molar-refractivity contribution in [3.05, 3.63) is 29.3 Å². The van der Waals surface area contributed by atoms with Gasteiger partial charge in [0, 0.05) is 18.3 Å². The molecule has 19 heavy (non-hydrogen) atoms. The molecule has 1 aromatic carbocycles. The van der Waals surface area contributed by atoms with Gasteiger partial charge < -0.3 is 5.73 Å². The van der Waals surface area contributed by atoms with Crippen molar-refractivity contribution < 1.29 is 13.2 Å². The third-order valence-electron chi connectivity index (χ3n) is 3.42. The predicted molar refractivity (Wildman–Crippen MR) is 71.7 cm³/mol. The Morgan fingerprint density at radius 1 is 1.21 bits per heavy atom. The Morgan fingerprint density at radius 3 is 2.26 bits per heavy atom. The van der Waals surface area contributed by atoms with Crippen molar-refractivity contribution in [3.63, 3.8) is 0 Å². The summed E-state index contributed by atoms with van der Waals surface area (Å²) < 4.78 is 38.9. The molecule has 1 rings (SSSR count). The van der Waals surface area contributed by atoms with Crippen molar-refractivity contribution in [1.29, 1.82) is 0 Å². The van der Waals surface area contributed by atoms with Crippen LogP contribution in [0.1, 0.15) is 37.8 Å². The normalized spacial score (nSPS) is 12.4. The third kappa shape index (κ3) is 4.13. The van der Waals surface area contributed by atoms with E-state index in [4.69, 9.17) is 5.73 Å². The van der Waals surface area contributed by atoms with Crippen molar-refractivity contribution in [3.8, 4) is 0 Å². The number of rotatable bonds is 5. The molecule has 0 aliphatic rings. The molecule has 0 bridgehead atoms. The van der Waals surface area contributed by atoms with Crippen molar-refractivity contribution in [2.24, 2.45) is 0 Å². The lowest BCUT2D eigenvalue weighted by molar-refractivity contribution is -0.138. The number of anilines is 1. The zero-order chi connectivity index (χ0) is 14.6. The van der Waals surface area contributed by atoms with Crippen LogP contribution >= 0.6 is 0 Å². The predicted octanol–water partition coefficient (Wildman–Crippen LogP) is 3.91. The van der Waals surface area contributed by atoms with Crippen LogP contribution in [0.4, 0.5) is 18.9 Å². The van der Waals surface area contributed by atoms with E-state index in [1.165, 1.54) is 12.1 Å². The van der Waals surface area contributed by atoms with Gasteiger partial charge in [-0.05, 0) is 37.6 Å². The monoisotopic (exact) mass is 274 g/mol. The number of nitrogen functional groups attached to an aromatic ring is 1. The van der Waals surface area contributed by atoms with E-state index in [0.29, 0.717) is 6.04 Å². The van der Waals surface area contributed by atoms with Crippen LogP contribution in [0.15, 0.2) is 18.2 Å². The first-order valence-electron chi connectivity index (χ1n) is 6.45. The van der Waals surface area contributed by atoms with E-state index in [0.717, 1.165) is 18.9 Å². The topological polar surface area (TPSA) is 29.3 Å². The lowest BCUT2D eigenvalue weighted by Gasteiger charge is -2.27. The van der Waals surface area contributed by atoms with Crippen LogP contribution in [-0.4, -0.2) is 18.0 Å². The molecular formula is C14H21F3N2. The minimum Gasteiger partial charge on any atom is -0.399 e. The highest BCUT2D eigenvalue weighted by Gasteiger charge is 2.33. The molecule has 0 saturated heterocycles. The first kappa shape index (κ1) is 15.8. The molecule has 0 amide bonds. The lowest BCUT2D eigenvalue weighted by atomic mass is 10.0. The van der Waals surface area contributed by atoms with Crippen LogP contribution in [0.5, 0.6) is 0 Å². The molecule has 108 valence electrons. The molecule has 0 aliphatic carbocycles. The Hall–Kier alpha value is -1.23. The number of halogens is 3. The molecule has 0 spiro atoms. The van der Waals surface area contributed by atoms with Gasteiger partial charge in [0.05, 0.1) is 5.56 Å². The number of benzene rings is 1. The fourth-order valence-electron chi connectivity index (χ4n) is 2.31. The summed E-state index contributed by atoms with van der Waals surface area (Å²) in [7, 11) is 1.86. The van der Waals surface area contributed by atoms with Gasteiger partial charge in [0.1, 0.15) is 0 Å². The van der Waals surface area contributed by atoms with Gasteiger partial charge >= 0.3 is 6.18 Å². The van der Waals surface area contributed by atoms with Gasteiger partial charge in [0.2, 0.25) is 0 Å². The fourth-order valence-corrected chi connectivity index (χ4v) is 2.31. The molecular weight excluding hydrogens is 253 g/mol. The van der Waals surface area contributed by atoms with E-state index in [9.17, 15) is 13.2 Å². The highest BCUT2D eigenvalue weighted by atomic mass is 19.4. The van der Waals surface area contributed by atoms with Gasteiger partial charge in [0.15, 0.2) is 0 Å². The number of alkyl halides is 3. The molecule has 1 aromatic rings. The summed E-state index contributed by atoms with van der Waals surface area (Å²) in [6.07, 6.45) is -2.52. The molecule has 0 saturated carbocycles. The molecule has 0 aromatic heterocycles. The van der Waals surface area contributed by atoms with Gasteiger partial charge in [-0.1, -0.05) is 19.9 Å². The van der Waals surface area contributed by atoms with Gasteiger partial charge in [-0.3, -0.25) is 4.90 Å². The Morgan fingerprint density at radius 2 is 1.79 bits per heavy atom. The summed E-state index contributed by atoms with van der Waals surface area (Å²) in [5.41, 5.74) is 5.23. The second-order valence-electron chi connectivity index (χ2n) is 4.80. The summed E-state index contributed by atoms with van der Waals surface area (Å²) >= 11 is 0. The summed E-state index contributed by atoms with van der Waals surface area (Å²) in [4.78, 5) is 1.96. The molecule has 5 heteroatoms. The first-order valence-corrected chi connectivity index (χ1v) is 6.45. The standard InChI is InChI=1S/C14H21F3N2/c1-4-12(5-2)19(3)9-10-6-7-11(18)8-13(10)14(15,16)17/h6-8,12H,4-5,9,18H2,1-3H3. The van der Waals surface area contributed by atoms with Crippen LogP contribution in [0.25, 0.3) is 0 Å². The Kier molecular flexibility index (Phi) is 5.23. The lowest BCUT2D eigenvalue weighted by Crippen LogP contribution is -2.30. The molecule has 2 N–H and O–H groups in total. The molecule has 0 radical (unpaired) electrons. The maximum absolute atomic E-state index is 13.0. The number of nitrogens with two attached hydrogens (primary N) is 1. The van der Waals surface area contributed by atoms with Crippen LogP contribution in [0, 0.1) is 0 Å². The number of hydrogen-bond acceptors (Lipinski definition) is 2. The average Bonchev–Trinajstić information content (AvgIpc) is 2.31. The van der Waals surface area contributed by atoms with Crippen molar-refractivity contribution in [2.45, 2.75) is 45.5 Å². The Balaban J connectivity index is 3.01. The van der Waals surface area contributed by atoms with Gasteiger partial charge in [-0.2, -0.15) is 13.2 Å². The zero-order valence-corrected chi connectivity index (χ0v) is 11.6. The molecule has 0 aliphatic heterocycles. The minimum atomic E-state index is -4.36. The van der Waals surface area contributed by atoms with Crippen LogP contribution < -0.4 is 5.73 Å². The second-order valence-corrected chi connectivity index (χ2v) is 4.80. The summed E-state index contributed by atoms with van der Waals surface area (Å²) in [5.74, 6) is 0. The van der Waals surface area contributed by atoms with Gasteiger partial charge in [0.25, 0.3) is 0 Å². The van der Waals surface area contributed by atoms with Crippen molar-refractivity contribution in [2.75, 3.05) is 12.8 Å². The zero-order valence-electron chi connectivity index (χ0n) is 11.6. The minimum absolute atomic E-state index is 0.140. The quantitative estimate of drug-likeness (QED) is 0.825. The maximum atomic E-state index is 13.0. The summed E-state index contributed by atoms with van der Waals surface area (Å²) in [6.45, 7) is 4.36. The molecule has 0 fully saturated rings. The van der Waals surface area contributed by atoms with Crippen LogP contribution in [0.2, 0.25) is 0 Å². The maximum Gasteiger partial charge on any atom is 0.416 e. The van der Waals surface area contributed by atoms with E-state index in [1.807, 2.05) is 25.8 Å². The summed E-state index contributed by atoms with van der Waals surface area (Å²) in [6, 6.07) is 4.29. The van der Waals surface area contributed by atoms with Crippen molar-refractivity contribution >= 4 is 5.69 Å². The van der Waals surface area contributed by atoms with Crippen LogP contribution in [-0.2, 0) is 12.7 Å². The van der Waals surface area contributed by atoms with Crippen molar-refractivity contribution in [1.82, 2.24) is 4.90 Å². The number of nitrogens with zero attached hydrogens (tertiary/aromatic N) is 1. The third-order valence-corrected chi connectivity index (χ3v) is 3.42. The highest BCUT2D eigenvalue weighted by molar-refractivity contribution is 5.46. The smallest absolute Gasteiger partial charge is 0.399 e. The largest absolute Gasteiger partial charge is 0.416 e. The first-order chi connectivity index (χ1) is 8.79. The number of hydrogen-bond donors (Lipinski definition) is 1. The van der Waals surface area contributed by atoms with Crippen LogP contribution in [0.3, 0.4) is 0 Å². The van der Waals surface area contributed by atoms with E-state index in [-0.39, 0.29) is 17.8 Å². The van der Waals surface area contributed by atoms with E-state index < -0.39 is 11.7 Å². The highest BCUT2D eigenvalue weighted by Crippen LogP contribution is 2.34. The second kappa shape index (κ2) is 6.28. The molecule has 0 atom stereocenters. The van der Waals surface area contributed by atoms with E-state index >= 15 is 0 Å².